The van der Waals surface area contributed by atoms with E-state index < -0.39 is 11.8 Å². The fourth-order valence-corrected chi connectivity index (χ4v) is 1.77. The number of nitrogens with zero attached hydrogens (tertiary/aromatic N) is 1. The number of aromatic carboxylic acids is 1. The molecule has 0 atom stereocenters. The van der Waals surface area contributed by atoms with Gasteiger partial charge >= 0.3 is 5.97 Å². The van der Waals surface area contributed by atoms with E-state index in [4.69, 9.17) is 10.4 Å². The number of rotatable bonds is 4. The molecule has 0 radical (unpaired) electrons. The average Bonchev–Trinajstić information content (AvgIpc) is 2.46. The van der Waals surface area contributed by atoms with Gasteiger partial charge in [0.1, 0.15) is 5.82 Å². The molecule has 0 saturated carbocycles. The fourth-order valence-electron chi connectivity index (χ4n) is 1.77. The number of carbonyl (C=O) groups is 1. The van der Waals surface area contributed by atoms with Crippen LogP contribution in [0.3, 0.4) is 0 Å². The molecule has 100 valence electrons. The van der Waals surface area contributed by atoms with Gasteiger partial charge in [-0.1, -0.05) is 18.2 Å². The number of para-hydroxylation sites is 1. The first-order chi connectivity index (χ1) is 9.61. The Balaban J connectivity index is 2.18. The summed E-state index contributed by atoms with van der Waals surface area (Å²) >= 11 is 0. The van der Waals surface area contributed by atoms with E-state index in [1.165, 1.54) is 18.2 Å². The topological polar surface area (TPSA) is 73.1 Å². The minimum absolute atomic E-state index is 0.0376. The van der Waals surface area contributed by atoms with Crippen molar-refractivity contribution >= 4 is 11.7 Å². The van der Waals surface area contributed by atoms with Crippen molar-refractivity contribution in [3.05, 3.63) is 65.0 Å². The second kappa shape index (κ2) is 5.85. The van der Waals surface area contributed by atoms with Gasteiger partial charge in [0.05, 0.1) is 22.9 Å². The van der Waals surface area contributed by atoms with E-state index in [1.54, 1.807) is 24.3 Å². The second-order valence-electron chi connectivity index (χ2n) is 4.13. The summed E-state index contributed by atoms with van der Waals surface area (Å²) in [6, 6.07) is 12.7. The SMILES string of the molecule is N#Cc1ccc(CNc2c(F)cccc2C(=O)O)cc1. The highest BCUT2D eigenvalue weighted by molar-refractivity contribution is 5.94. The summed E-state index contributed by atoms with van der Waals surface area (Å²) in [5, 5.41) is 20.5. The van der Waals surface area contributed by atoms with Crippen LogP contribution >= 0.6 is 0 Å². The molecule has 0 spiro atoms. The first kappa shape index (κ1) is 13.6. The smallest absolute Gasteiger partial charge is 0.337 e. The molecule has 0 saturated heterocycles. The van der Waals surface area contributed by atoms with Gasteiger partial charge in [-0.05, 0) is 29.8 Å². The van der Waals surface area contributed by atoms with E-state index >= 15 is 0 Å². The summed E-state index contributed by atoms with van der Waals surface area (Å²) in [4.78, 5) is 11.0. The molecule has 0 aliphatic carbocycles. The van der Waals surface area contributed by atoms with Crippen molar-refractivity contribution < 1.29 is 14.3 Å². The number of hydrogen-bond donors (Lipinski definition) is 2. The molecule has 2 N–H and O–H groups in total. The van der Waals surface area contributed by atoms with E-state index in [9.17, 15) is 9.18 Å². The molecule has 4 nitrogen and oxygen atoms in total. The molecule has 0 bridgehead atoms. The molecule has 0 aliphatic rings. The highest BCUT2D eigenvalue weighted by atomic mass is 19.1. The molecule has 0 heterocycles. The van der Waals surface area contributed by atoms with Crippen molar-refractivity contribution in [1.82, 2.24) is 0 Å². The minimum Gasteiger partial charge on any atom is -0.478 e. The summed E-state index contributed by atoms with van der Waals surface area (Å²) in [6.07, 6.45) is 0. The van der Waals surface area contributed by atoms with Crippen LogP contribution in [0.1, 0.15) is 21.5 Å². The Kier molecular flexibility index (Phi) is 3.96. The molecule has 0 unspecified atom stereocenters. The van der Waals surface area contributed by atoms with Gasteiger partial charge in [0.2, 0.25) is 0 Å². The van der Waals surface area contributed by atoms with Gasteiger partial charge in [-0.2, -0.15) is 5.26 Å². The molecule has 0 fully saturated rings. The second-order valence-corrected chi connectivity index (χ2v) is 4.13. The highest BCUT2D eigenvalue weighted by Crippen LogP contribution is 2.20. The van der Waals surface area contributed by atoms with Gasteiger partial charge in [-0.15, -0.1) is 0 Å². The third-order valence-electron chi connectivity index (χ3n) is 2.80. The number of halogens is 1. The van der Waals surface area contributed by atoms with Crippen LogP contribution in [0, 0.1) is 17.1 Å². The lowest BCUT2D eigenvalue weighted by molar-refractivity contribution is 0.0697. The predicted octanol–water partition coefficient (Wildman–Crippen LogP) is 3.01. The Hall–Kier alpha value is -2.87. The van der Waals surface area contributed by atoms with Gasteiger partial charge in [0, 0.05) is 6.54 Å². The molecule has 0 aliphatic heterocycles. The van der Waals surface area contributed by atoms with E-state index in [1.807, 2.05) is 6.07 Å². The maximum absolute atomic E-state index is 13.7. The van der Waals surface area contributed by atoms with Crippen LogP contribution in [0.25, 0.3) is 0 Å². The molecule has 0 amide bonds. The summed E-state index contributed by atoms with van der Waals surface area (Å²) < 4.78 is 13.7. The number of hydrogen-bond acceptors (Lipinski definition) is 3. The van der Waals surface area contributed by atoms with Crippen LogP contribution in [0.15, 0.2) is 42.5 Å². The number of nitriles is 1. The number of benzene rings is 2. The van der Waals surface area contributed by atoms with Crippen molar-refractivity contribution in [2.75, 3.05) is 5.32 Å². The Morgan fingerprint density at radius 1 is 1.25 bits per heavy atom. The van der Waals surface area contributed by atoms with Crippen LogP contribution in [0.5, 0.6) is 0 Å². The number of anilines is 1. The summed E-state index contributed by atoms with van der Waals surface area (Å²) in [5.74, 6) is -1.80. The predicted molar refractivity (Wildman–Crippen MR) is 71.8 cm³/mol. The van der Waals surface area contributed by atoms with Crippen molar-refractivity contribution in [3.63, 3.8) is 0 Å². The monoisotopic (exact) mass is 270 g/mol. The third-order valence-corrected chi connectivity index (χ3v) is 2.80. The lowest BCUT2D eigenvalue weighted by atomic mass is 10.1. The molecule has 2 rings (SSSR count). The molecular weight excluding hydrogens is 259 g/mol. The van der Waals surface area contributed by atoms with Gasteiger partial charge in [-0.25, -0.2) is 9.18 Å². The summed E-state index contributed by atoms with van der Waals surface area (Å²) in [7, 11) is 0. The van der Waals surface area contributed by atoms with Crippen molar-refractivity contribution in [3.8, 4) is 6.07 Å². The van der Waals surface area contributed by atoms with E-state index in [0.29, 0.717) is 5.56 Å². The number of nitrogens with one attached hydrogen (secondary N) is 1. The third kappa shape index (κ3) is 2.93. The van der Waals surface area contributed by atoms with E-state index in [-0.39, 0.29) is 17.8 Å². The average molecular weight is 270 g/mol. The minimum atomic E-state index is -1.19. The van der Waals surface area contributed by atoms with Crippen LogP contribution in [-0.4, -0.2) is 11.1 Å². The fraction of sp³-hybridized carbons (Fsp3) is 0.0667. The highest BCUT2D eigenvalue weighted by Gasteiger charge is 2.13. The Morgan fingerprint density at radius 2 is 1.95 bits per heavy atom. The summed E-state index contributed by atoms with van der Waals surface area (Å²) in [6.45, 7) is 0.271. The van der Waals surface area contributed by atoms with Crippen molar-refractivity contribution in [2.45, 2.75) is 6.54 Å². The normalized spacial score (nSPS) is 9.80. The first-order valence-electron chi connectivity index (χ1n) is 5.86. The number of carboxylic acid groups (broad SMARTS) is 1. The largest absolute Gasteiger partial charge is 0.478 e. The Bertz CT molecular complexity index is 675. The maximum Gasteiger partial charge on any atom is 0.337 e. The maximum atomic E-state index is 13.7. The molecule has 2 aromatic rings. The zero-order valence-electron chi connectivity index (χ0n) is 10.4. The van der Waals surface area contributed by atoms with Gasteiger partial charge < -0.3 is 10.4 Å². The molecular formula is C15H11FN2O2. The Labute approximate surface area is 115 Å². The van der Waals surface area contributed by atoms with E-state index in [2.05, 4.69) is 5.32 Å². The summed E-state index contributed by atoms with van der Waals surface area (Å²) in [5.41, 5.74) is 1.21. The van der Waals surface area contributed by atoms with E-state index in [0.717, 1.165) is 5.56 Å². The molecule has 20 heavy (non-hydrogen) atoms. The standard InChI is InChI=1S/C15H11FN2O2/c16-13-3-1-2-12(15(19)20)14(13)18-9-11-6-4-10(8-17)5-7-11/h1-7,18H,9H2,(H,19,20). The zero-order valence-corrected chi connectivity index (χ0v) is 10.4. The quantitative estimate of drug-likeness (QED) is 0.895. The number of carboxylic acids is 1. The lowest BCUT2D eigenvalue weighted by Crippen LogP contribution is -2.08. The Morgan fingerprint density at radius 3 is 2.55 bits per heavy atom. The molecule has 2 aromatic carbocycles. The lowest BCUT2D eigenvalue weighted by Gasteiger charge is -2.10. The van der Waals surface area contributed by atoms with Gasteiger partial charge in [0.15, 0.2) is 0 Å². The van der Waals surface area contributed by atoms with Crippen LogP contribution in [-0.2, 0) is 6.54 Å². The van der Waals surface area contributed by atoms with Crippen LogP contribution < -0.4 is 5.32 Å². The van der Waals surface area contributed by atoms with Crippen LogP contribution in [0.4, 0.5) is 10.1 Å². The van der Waals surface area contributed by atoms with Gasteiger partial charge in [-0.3, -0.25) is 0 Å². The zero-order chi connectivity index (χ0) is 14.5. The molecule has 5 heteroatoms. The van der Waals surface area contributed by atoms with Crippen molar-refractivity contribution in [1.29, 1.82) is 5.26 Å². The van der Waals surface area contributed by atoms with Crippen LogP contribution in [0.2, 0.25) is 0 Å². The first-order valence-corrected chi connectivity index (χ1v) is 5.86. The van der Waals surface area contributed by atoms with Crippen molar-refractivity contribution in [2.24, 2.45) is 0 Å². The molecule has 0 aromatic heterocycles. The van der Waals surface area contributed by atoms with Gasteiger partial charge in [0.25, 0.3) is 0 Å².